The lowest BCUT2D eigenvalue weighted by Crippen LogP contribution is -2.63. The maximum Gasteiger partial charge on any atom is 0.468 e. The van der Waals surface area contributed by atoms with E-state index in [0.717, 1.165) is 25.7 Å². The Bertz CT molecular complexity index is 1530. The van der Waals surface area contributed by atoms with Crippen molar-refractivity contribution in [2.24, 2.45) is 4.99 Å². The van der Waals surface area contributed by atoms with Crippen LogP contribution in [0, 0.1) is 0 Å². The van der Waals surface area contributed by atoms with Crippen LogP contribution < -0.4 is 0 Å². The van der Waals surface area contributed by atoms with Crippen LogP contribution >= 0.6 is 11.8 Å². The lowest BCUT2D eigenvalue weighted by Gasteiger charge is -2.45. The molecule has 3 aromatic carbocycles. The van der Waals surface area contributed by atoms with E-state index >= 15 is 0 Å². The zero-order valence-corrected chi connectivity index (χ0v) is 27.0. The molecule has 256 valence electrons. The number of rotatable bonds is 12. The van der Waals surface area contributed by atoms with Crippen molar-refractivity contribution in [1.82, 2.24) is 0 Å². The van der Waals surface area contributed by atoms with Gasteiger partial charge in [0, 0.05) is 31.4 Å². The molecule has 0 saturated carbocycles. The molecule has 1 aliphatic heterocycles. The lowest BCUT2D eigenvalue weighted by molar-refractivity contribution is -0.306. The van der Waals surface area contributed by atoms with Crippen LogP contribution in [0.1, 0.15) is 32.4 Å². The number of thioether (sulfide) groups is 1. The third-order valence-corrected chi connectivity index (χ3v) is 7.82. The Kier molecular flexibility index (Phi) is 13.0. The number of benzene rings is 3. The summed E-state index contributed by atoms with van der Waals surface area (Å²) in [4.78, 5) is 41.0. The van der Waals surface area contributed by atoms with Crippen molar-refractivity contribution in [1.29, 1.82) is 0 Å². The Morgan fingerprint density at radius 1 is 0.771 bits per heavy atom. The van der Waals surface area contributed by atoms with Gasteiger partial charge in [-0.2, -0.15) is 13.2 Å². The molecule has 0 radical (unpaired) electrons. The van der Waals surface area contributed by atoms with Gasteiger partial charge in [-0.1, -0.05) is 66.7 Å². The smallest absolute Gasteiger partial charge is 0.463 e. The molecule has 1 heterocycles. The highest BCUT2D eigenvalue weighted by atomic mass is 32.2. The summed E-state index contributed by atoms with van der Waals surface area (Å²) in [6.45, 7) is 2.69. The Hall–Kier alpha value is -4.40. The van der Waals surface area contributed by atoms with Gasteiger partial charge in [-0.15, -0.1) is 11.8 Å². The molecule has 3 aromatic rings. The van der Waals surface area contributed by atoms with E-state index in [0.29, 0.717) is 5.56 Å². The van der Waals surface area contributed by atoms with Crippen molar-refractivity contribution in [3.05, 3.63) is 96.6 Å². The SMILES string of the molecule is CC(=O)OC[C@H]1OC(OC(=Nc2ccccc2)C(F)(F)F)[C@H](O[C@H](CSc2ccccc2)c2ccccc2)[C@@H](OC(C)=O)[C@H]1OC(C)=O. The van der Waals surface area contributed by atoms with Crippen LogP contribution in [0.5, 0.6) is 0 Å². The predicted octanol–water partition coefficient (Wildman–Crippen LogP) is 6.37. The number of hydrogen-bond donors (Lipinski definition) is 0. The monoisotopic (exact) mass is 689 g/mol. The van der Waals surface area contributed by atoms with Gasteiger partial charge in [0.1, 0.15) is 12.7 Å². The van der Waals surface area contributed by atoms with Crippen molar-refractivity contribution in [3.63, 3.8) is 0 Å². The third-order valence-electron chi connectivity index (χ3n) is 6.74. The van der Waals surface area contributed by atoms with E-state index in [1.807, 2.05) is 30.3 Å². The summed E-state index contributed by atoms with van der Waals surface area (Å²) in [7, 11) is 0. The first-order valence-corrected chi connectivity index (χ1v) is 15.8. The lowest BCUT2D eigenvalue weighted by atomic mass is 9.97. The second-order valence-electron chi connectivity index (χ2n) is 10.5. The minimum atomic E-state index is -5.11. The molecule has 6 atom stereocenters. The molecule has 0 bridgehead atoms. The normalized spacial score (nSPS) is 21.9. The van der Waals surface area contributed by atoms with Crippen LogP contribution in [0.15, 0.2) is 101 Å². The molecule has 1 saturated heterocycles. The fourth-order valence-corrected chi connectivity index (χ4v) is 5.72. The number of aliphatic imine (C=N–C) groups is 1. The second-order valence-corrected chi connectivity index (χ2v) is 11.6. The summed E-state index contributed by atoms with van der Waals surface area (Å²) in [5.41, 5.74) is 0.576. The van der Waals surface area contributed by atoms with Crippen LogP contribution in [0.25, 0.3) is 0 Å². The number of halogens is 3. The van der Waals surface area contributed by atoms with Crippen molar-refractivity contribution < 1.29 is 56.0 Å². The van der Waals surface area contributed by atoms with E-state index in [4.69, 9.17) is 28.4 Å². The number of esters is 3. The van der Waals surface area contributed by atoms with E-state index < -0.39 is 73.4 Å². The van der Waals surface area contributed by atoms with Gasteiger partial charge in [0.15, 0.2) is 18.3 Å². The highest BCUT2D eigenvalue weighted by Crippen LogP contribution is 2.37. The number of nitrogens with zero attached hydrogens (tertiary/aromatic N) is 1. The molecule has 48 heavy (non-hydrogen) atoms. The maximum atomic E-state index is 14.5. The fourth-order valence-electron chi connectivity index (χ4n) is 4.76. The Balaban J connectivity index is 1.81. The standard InChI is InChI=1S/C34H34F3NO9S/c1-21(39)42-19-27-29(43-22(2)40)30(44-23(3)41)31(32(46-27)47-33(34(35,36)37)38-25-15-9-5-10-16-25)45-28(24-13-7-4-8-14-24)20-48-26-17-11-6-12-18-26/h4-18,27-32H,19-20H2,1-3H3/t27-,28-,29+,30+,31-,32?/m1/s1. The number of carbonyl (C=O) groups is 3. The summed E-state index contributed by atoms with van der Waals surface area (Å²) >= 11 is 1.41. The van der Waals surface area contributed by atoms with Gasteiger partial charge in [-0.05, 0) is 29.8 Å². The van der Waals surface area contributed by atoms with Crippen LogP contribution in [-0.2, 0) is 42.8 Å². The summed E-state index contributed by atoms with van der Waals surface area (Å²) in [5.74, 6) is -3.86. The number of hydrogen-bond acceptors (Lipinski definition) is 11. The minimum absolute atomic E-state index is 0.0645. The van der Waals surface area contributed by atoms with Crippen LogP contribution in [0.3, 0.4) is 0 Å². The quantitative estimate of drug-likeness (QED) is 0.0698. The molecular weight excluding hydrogens is 655 g/mol. The molecule has 0 aliphatic carbocycles. The van der Waals surface area contributed by atoms with Crippen molar-refractivity contribution in [2.75, 3.05) is 12.4 Å². The molecule has 0 spiro atoms. The summed E-state index contributed by atoms with van der Waals surface area (Å²) in [6.07, 6.45) is -14.0. The average molecular weight is 690 g/mol. The summed E-state index contributed by atoms with van der Waals surface area (Å²) < 4.78 is 77.5. The van der Waals surface area contributed by atoms with Gasteiger partial charge in [0.25, 0.3) is 5.90 Å². The Labute approximate surface area is 279 Å². The molecule has 10 nitrogen and oxygen atoms in total. The zero-order valence-electron chi connectivity index (χ0n) is 26.2. The third kappa shape index (κ3) is 10.8. The molecule has 0 N–H and O–H groups in total. The van der Waals surface area contributed by atoms with Crippen molar-refractivity contribution in [2.45, 2.75) is 68.7 Å². The van der Waals surface area contributed by atoms with Gasteiger partial charge >= 0.3 is 24.1 Å². The molecule has 14 heteroatoms. The molecule has 0 aromatic heterocycles. The molecule has 1 unspecified atom stereocenters. The minimum Gasteiger partial charge on any atom is -0.463 e. The van der Waals surface area contributed by atoms with Crippen molar-refractivity contribution in [3.8, 4) is 0 Å². The van der Waals surface area contributed by atoms with Gasteiger partial charge in [0.2, 0.25) is 6.29 Å². The van der Waals surface area contributed by atoms with E-state index in [2.05, 4.69) is 4.99 Å². The number of alkyl halides is 3. The highest BCUT2D eigenvalue weighted by Gasteiger charge is 2.54. The molecule has 4 rings (SSSR count). The predicted molar refractivity (Wildman–Crippen MR) is 168 cm³/mol. The van der Waals surface area contributed by atoms with E-state index in [-0.39, 0.29) is 11.4 Å². The maximum absolute atomic E-state index is 14.5. The van der Waals surface area contributed by atoms with Gasteiger partial charge in [-0.25, -0.2) is 4.99 Å². The second kappa shape index (κ2) is 17.1. The Morgan fingerprint density at radius 3 is 1.90 bits per heavy atom. The first-order chi connectivity index (χ1) is 22.9. The van der Waals surface area contributed by atoms with Crippen LogP contribution in [-0.4, -0.2) is 73.0 Å². The van der Waals surface area contributed by atoms with Crippen molar-refractivity contribution >= 4 is 41.3 Å². The Morgan fingerprint density at radius 2 is 1.33 bits per heavy atom. The zero-order chi connectivity index (χ0) is 34.7. The highest BCUT2D eigenvalue weighted by molar-refractivity contribution is 7.99. The number of ether oxygens (including phenoxy) is 6. The topological polar surface area (TPSA) is 119 Å². The largest absolute Gasteiger partial charge is 0.468 e. The van der Waals surface area contributed by atoms with E-state index in [1.54, 1.807) is 36.4 Å². The number of para-hydroxylation sites is 1. The van der Waals surface area contributed by atoms with Gasteiger partial charge in [0.05, 0.1) is 11.8 Å². The molecule has 0 amide bonds. The summed E-state index contributed by atoms with van der Waals surface area (Å²) in [6, 6.07) is 25.5. The number of carbonyl (C=O) groups excluding carboxylic acids is 3. The van der Waals surface area contributed by atoms with E-state index in [9.17, 15) is 27.6 Å². The first kappa shape index (κ1) is 36.4. The molecule has 1 aliphatic rings. The molecule has 1 fully saturated rings. The van der Waals surface area contributed by atoms with Gasteiger partial charge < -0.3 is 28.4 Å². The average Bonchev–Trinajstić information content (AvgIpc) is 3.04. The summed E-state index contributed by atoms with van der Waals surface area (Å²) in [5, 5.41) is 0. The fraction of sp³-hybridized carbons (Fsp3) is 0.353. The molecular formula is C34H34F3NO9S. The van der Waals surface area contributed by atoms with Gasteiger partial charge in [-0.3, -0.25) is 14.4 Å². The van der Waals surface area contributed by atoms with Crippen LogP contribution in [0.4, 0.5) is 18.9 Å². The van der Waals surface area contributed by atoms with E-state index in [1.165, 1.54) is 36.0 Å². The van der Waals surface area contributed by atoms with Crippen LogP contribution in [0.2, 0.25) is 0 Å². The first-order valence-electron chi connectivity index (χ1n) is 14.8.